The van der Waals surface area contributed by atoms with Gasteiger partial charge in [0.1, 0.15) is 5.60 Å². The van der Waals surface area contributed by atoms with Crippen LogP contribution in [0.15, 0.2) is 17.0 Å². The number of hydrogen-bond acceptors (Lipinski definition) is 5. The number of alkyl carbamates (subject to hydrolysis) is 1. The highest BCUT2D eigenvalue weighted by atomic mass is 16.6. The van der Waals surface area contributed by atoms with Crippen LogP contribution >= 0.6 is 0 Å². The van der Waals surface area contributed by atoms with Crippen molar-refractivity contribution in [3.63, 3.8) is 0 Å². The summed E-state index contributed by atoms with van der Waals surface area (Å²) in [5.41, 5.74) is -0.462. The van der Waals surface area contributed by atoms with Gasteiger partial charge >= 0.3 is 6.09 Å². The number of oxazole rings is 1. The summed E-state index contributed by atoms with van der Waals surface area (Å²) in [7, 11) is 0. The Morgan fingerprint density at radius 1 is 1.40 bits per heavy atom. The summed E-state index contributed by atoms with van der Waals surface area (Å²) < 4.78 is 10.5. The summed E-state index contributed by atoms with van der Waals surface area (Å²) >= 11 is 0. The second-order valence-electron chi connectivity index (χ2n) is 6.22. The molecule has 2 N–H and O–H groups in total. The normalized spacial score (nSPS) is 23.1. The van der Waals surface area contributed by atoms with E-state index in [0.717, 1.165) is 25.7 Å². The average molecular weight is 281 g/mol. The average Bonchev–Trinajstić information content (AvgIpc) is 2.79. The second kappa shape index (κ2) is 6.15. The molecule has 1 aromatic heterocycles. The van der Waals surface area contributed by atoms with E-state index >= 15 is 0 Å². The molecule has 1 unspecified atom stereocenters. The molecule has 1 amide bonds. The van der Waals surface area contributed by atoms with Crippen LogP contribution in [-0.2, 0) is 4.74 Å². The number of ether oxygens (including phenoxy) is 1. The Morgan fingerprint density at radius 3 is 2.80 bits per heavy atom. The van der Waals surface area contributed by atoms with E-state index < -0.39 is 5.60 Å². The monoisotopic (exact) mass is 281 g/mol. The summed E-state index contributed by atoms with van der Waals surface area (Å²) in [6.45, 7) is 5.59. The Kier molecular flexibility index (Phi) is 4.52. The number of aromatic nitrogens is 1. The van der Waals surface area contributed by atoms with Crippen LogP contribution in [0.1, 0.15) is 46.5 Å². The zero-order valence-electron chi connectivity index (χ0n) is 12.3. The van der Waals surface area contributed by atoms with Gasteiger partial charge in [0.2, 0.25) is 5.88 Å². The number of carbonyl (C=O) groups excluding carboxylic acids is 1. The SMILES string of the molecule is CC(C)(C)OC(=O)N[C@H]1CCCC(Nc2cnco2)C1. The van der Waals surface area contributed by atoms with Gasteiger partial charge in [-0.2, -0.15) is 0 Å². The molecule has 6 nitrogen and oxygen atoms in total. The Labute approximate surface area is 119 Å². The van der Waals surface area contributed by atoms with Gasteiger partial charge < -0.3 is 19.8 Å². The minimum absolute atomic E-state index is 0.138. The van der Waals surface area contributed by atoms with E-state index in [0.29, 0.717) is 5.88 Å². The fraction of sp³-hybridized carbons (Fsp3) is 0.714. The van der Waals surface area contributed by atoms with Crippen LogP contribution < -0.4 is 10.6 Å². The Bertz CT molecular complexity index is 425. The van der Waals surface area contributed by atoms with E-state index in [9.17, 15) is 4.79 Å². The maximum absolute atomic E-state index is 11.8. The summed E-state index contributed by atoms with van der Waals surface area (Å²) in [5, 5.41) is 6.23. The number of nitrogens with one attached hydrogen (secondary N) is 2. The molecule has 6 heteroatoms. The van der Waals surface area contributed by atoms with Crippen LogP contribution in [0.3, 0.4) is 0 Å². The molecule has 0 spiro atoms. The molecule has 2 rings (SSSR count). The molecule has 1 heterocycles. The van der Waals surface area contributed by atoms with Crippen molar-refractivity contribution in [2.24, 2.45) is 0 Å². The maximum Gasteiger partial charge on any atom is 0.407 e. The van der Waals surface area contributed by atoms with Crippen molar-refractivity contribution < 1.29 is 13.9 Å². The summed E-state index contributed by atoms with van der Waals surface area (Å²) in [6, 6.07) is 0.427. The summed E-state index contributed by atoms with van der Waals surface area (Å²) in [5.74, 6) is 0.674. The zero-order valence-corrected chi connectivity index (χ0v) is 12.3. The number of amides is 1. The molecule has 2 atom stereocenters. The highest BCUT2D eigenvalue weighted by molar-refractivity contribution is 5.68. The minimum Gasteiger partial charge on any atom is -0.444 e. The third-order valence-electron chi connectivity index (χ3n) is 3.17. The molecule has 0 aliphatic heterocycles. The second-order valence-corrected chi connectivity index (χ2v) is 6.22. The lowest BCUT2D eigenvalue weighted by Crippen LogP contribution is -2.43. The van der Waals surface area contributed by atoms with Gasteiger partial charge in [0.05, 0.1) is 6.20 Å². The van der Waals surface area contributed by atoms with Gasteiger partial charge in [-0.05, 0) is 46.5 Å². The summed E-state index contributed by atoms with van der Waals surface area (Å²) in [6.07, 6.45) is 6.68. The van der Waals surface area contributed by atoms with E-state index in [1.54, 1.807) is 6.20 Å². The van der Waals surface area contributed by atoms with Gasteiger partial charge in [0.25, 0.3) is 0 Å². The van der Waals surface area contributed by atoms with E-state index in [-0.39, 0.29) is 18.2 Å². The first-order valence-corrected chi connectivity index (χ1v) is 7.07. The first-order valence-electron chi connectivity index (χ1n) is 7.07. The van der Waals surface area contributed by atoms with Crippen molar-refractivity contribution in [3.05, 3.63) is 12.6 Å². The van der Waals surface area contributed by atoms with E-state index in [1.165, 1.54) is 6.39 Å². The highest BCUT2D eigenvalue weighted by Gasteiger charge is 2.25. The molecule has 112 valence electrons. The number of rotatable bonds is 3. The third kappa shape index (κ3) is 4.75. The molecule has 1 aromatic rings. The molecule has 0 saturated heterocycles. The number of hydrogen-bond donors (Lipinski definition) is 2. The molecular formula is C14H23N3O3. The van der Waals surface area contributed by atoms with E-state index in [1.807, 2.05) is 20.8 Å². The molecule has 1 fully saturated rings. The third-order valence-corrected chi connectivity index (χ3v) is 3.17. The van der Waals surface area contributed by atoms with Gasteiger partial charge in [-0.25, -0.2) is 9.78 Å². The Morgan fingerprint density at radius 2 is 2.15 bits per heavy atom. The van der Waals surface area contributed by atoms with Gasteiger partial charge in [-0.15, -0.1) is 0 Å². The first-order chi connectivity index (χ1) is 9.42. The minimum atomic E-state index is -0.462. The molecular weight excluding hydrogens is 258 g/mol. The Hall–Kier alpha value is -1.72. The smallest absolute Gasteiger partial charge is 0.407 e. The molecule has 0 bridgehead atoms. The molecule has 1 saturated carbocycles. The number of nitrogens with zero attached hydrogens (tertiary/aromatic N) is 1. The van der Waals surface area contributed by atoms with Crippen molar-refractivity contribution in [1.29, 1.82) is 0 Å². The standard InChI is InChI=1S/C14H23N3O3/c1-14(2,3)20-13(18)17-11-6-4-5-10(7-11)16-12-8-15-9-19-12/h8-11,16H,4-7H2,1-3H3,(H,17,18)/t10?,11-/m0/s1. The number of carbonyl (C=O) groups is 1. The van der Waals surface area contributed by atoms with E-state index in [2.05, 4.69) is 15.6 Å². The quantitative estimate of drug-likeness (QED) is 0.890. The fourth-order valence-corrected chi connectivity index (χ4v) is 2.41. The van der Waals surface area contributed by atoms with Crippen LogP contribution in [0, 0.1) is 0 Å². The lowest BCUT2D eigenvalue weighted by molar-refractivity contribution is 0.0492. The first kappa shape index (κ1) is 14.7. The van der Waals surface area contributed by atoms with Crippen LogP contribution in [0.5, 0.6) is 0 Å². The predicted octanol–water partition coefficient (Wildman–Crippen LogP) is 2.92. The van der Waals surface area contributed by atoms with Crippen LogP contribution in [-0.4, -0.2) is 28.8 Å². The van der Waals surface area contributed by atoms with Crippen molar-refractivity contribution in [2.75, 3.05) is 5.32 Å². The molecule has 0 aromatic carbocycles. The van der Waals surface area contributed by atoms with Gasteiger partial charge in [-0.3, -0.25) is 0 Å². The maximum atomic E-state index is 11.8. The van der Waals surface area contributed by atoms with Crippen molar-refractivity contribution in [2.45, 2.75) is 64.1 Å². The molecule has 1 aliphatic carbocycles. The number of anilines is 1. The predicted molar refractivity (Wildman–Crippen MR) is 75.5 cm³/mol. The fourth-order valence-electron chi connectivity index (χ4n) is 2.41. The Balaban J connectivity index is 1.80. The summed E-state index contributed by atoms with van der Waals surface area (Å²) in [4.78, 5) is 15.6. The highest BCUT2D eigenvalue weighted by Crippen LogP contribution is 2.22. The van der Waals surface area contributed by atoms with Crippen molar-refractivity contribution in [1.82, 2.24) is 10.3 Å². The van der Waals surface area contributed by atoms with Crippen molar-refractivity contribution >= 4 is 12.0 Å². The van der Waals surface area contributed by atoms with Crippen molar-refractivity contribution in [3.8, 4) is 0 Å². The lowest BCUT2D eigenvalue weighted by Gasteiger charge is -2.30. The van der Waals surface area contributed by atoms with Crippen LogP contribution in [0.2, 0.25) is 0 Å². The molecule has 20 heavy (non-hydrogen) atoms. The van der Waals surface area contributed by atoms with E-state index in [4.69, 9.17) is 9.15 Å². The van der Waals surface area contributed by atoms with Gasteiger partial charge in [0.15, 0.2) is 6.39 Å². The van der Waals surface area contributed by atoms with Gasteiger partial charge in [0, 0.05) is 12.1 Å². The molecule has 1 aliphatic rings. The van der Waals surface area contributed by atoms with Crippen LogP contribution in [0.4, 0.5) is 10.7 Å². The zero-order chi connectivity index (χ0) is 14.6. The largest absolute Gasteiger partial charge is 0.444 e. The molecule has 0 radical (unpaired) electrons. The van der Waals surface area contributed by atoms with Crippen LogP contribution in [0.25, 0.3) is 0 Å². The topological polar surface area (TPSA) is 76.4 Å². The lowest BCUT2D eigenvalue weighted by atomic mass is 9.91. The van der Waals surface area contributed by atoms with Gasteiger partial charge in [-0.1, -0.05) is 0 Å².